The van der Waals surface area contributed by atoms with E-state index in [2.05, 4.69) is 14.7 Å². The van der Waals surface area contributed by atoms with Gasteiger partial charge in [0.15, 0.2) is 0 Å². The van der Waals surface area contributed by atoms with Crippen LogP contribution in [0.5, 0.6) is 0 Å². The third-order valence-corrected chi connectivity index (χ3v) is 8.39. The van der Waals surface area contributed by atoms with E-state index in [0.29, 0.717) is 22.2 Å². The molecule has 0 amide bonds. The van der Waals surface area contributed by atoms with Crippen LogP contribution in [0, 0.1) is 0 Å². The largest absolute Gasteiger partial charge is 0.338 e. The Balaban J connectivity index is 1.58. The standard InChI is InChI=1S/C19H19F2N3O4S2/c20-18(21)17-11-16-15(5-8-22-19(16)23-17)12-1-3-14(4-2-12)30(27,28)24-13-6-9-29(25,26)10-7-13/h1-5,8,11,13,18,24H,6-7,9-10H2,(H,22,23). The van der Waals surface area contributed by atoms with Crippen LogP contribution >= 0.6 is 0 Å². The van der Waals surface area contributed by atoms with Crippen molar-refractivity contribution in [3.05, 3.63) is 48.3 Å². The molecule has 0 bridgehead atoms. The SMILES string of the molecule is O=S1(=O)CCC(NS(=O)(=O)c2ccc(-c3ccnc4[nH]c(C(F)F)cc34)cc2)CC1. The van der Waals surface area contributed by atoms with Gasteiger partial charge in [0.05, 0.1) is 22.1 Å². The number of aromatic nitrogens is 2. The van der Waals surface area contributed by atoms with Crippen molar-refractivity contribution < 1.29 is 25.6 Å². The first-order valence-electron chi connectivity index (χ1n) is 9.24. The summed E-state index contributed by atoms with van der Waals surface area (Å²) in [6.07, 6.45) is -0.670. The topological polar surface area (TPSA) is 109 Å². The van der Waals surface area contributed by atoms with Crippen molar-refractivity contribution in [3.8, 4) is 11.1 Å². The van der Waals surface area contributed by atoms with Gasteiger partial charge in [-0.1, -0.05) is 12.1 Å². The van der Waals surface area contributed by atoms with Gasteiger partial charge in [-0.05, 0) is 48.2 Å². The molecule has 1 fully saturated rings. The van der Waals surface area contributed by atoms with Gasteiger partial charge in [-0.25, -0.2) is 35.3 Å². The monoisotopic (exact) mass is 455 g/mol. The maximum absolute atomic E-state index is 13.0. The number of nitrogens with zero attached hydrogens (tertiary/aromatic N) is 1. The summed E-state index contributed by atoms with van der Waals surface area (Å²) in [7, 11) is -6.89. The third-order valence-electron chi connectivity index (χ3n) is 5.14. The second kappa shape index (κ2) is 7.71. The number of pyridine rings is 1. The molecule has 1 aliphatic rings. The number of rotatable bonds is 5. The van der Waals surface area contributed by atoms with Gasteiger partial charge >= 0.3 is 0 Å². The molecule has 0 aliphatic carbocycles. The van der Waals surface area contributed by atoms with Crippen LogP contribution < -0.4 is 4.72 Å². The summed E-state index contributed by atoms with van der Waals surface area (Å²) in [5.74, 6) is -0.0666. The Hall–Kier alpha value is -2.37. The Labute approximate surface area is 172 Å². The van der Waals surface area contributed by atoms with E-state index in [0.717, 1.165) is 0 Å². The summed E-state index contributed by atoms with van der Waals surface area (Å²) in [6, 6.07) is 8.66. The van der Waals surface area contributed by atoms with Crippen molar-refractivity contribution in [2.75, 3.05) is 11.5 Å². The molecule has 1 aliphatic heterocycles. The molecule has 160 valence electrons. The highest BCUT2D eigenvalue weighted by molar-refractivity contribution is 7.91. The Morgan fingerprint density at radius 2 is 1.77 bits per heavy atom. The minimum atomic E-state index is -3.81. The predicted molar refractivity (Wildman–Crippen MR) is 108 cm³/mol. The van der Waals surface area contributed by atoms with E-state index in [1.54, 1.807) is 18.2 Å². The predicted octanol–water partition coefficient (Wildman–Crippen LogP) is 3.02. The van der Waals surface area contributed by atoms with Crippen molar-refractivity contribution in [1.29, 1.82) is 0 Å². The van der Waals surface area contributed by atoms with Crippen LogP contribution in [0.4, 0.5) is 8.78 Å². The summed E-state index contributed by atoms with van der Waals surface area (Å²) < 4.78 is 76.9. The second-order valence-corrected chi connectivity index (χ2v) is 11.2. The summed E-state index contributed by atoms with van der Waals surface area (Å²) in [5, 5.41) is 0.518. The zero-order valence-corrected chi connectivity index (χ0v) is 17.3. The van der Waals surface area contributed by atoms with E-state index in [-0.39, 0.29) is 34.9 Å². The van der Waals surface area contributed by atoms with Crippen LogP contribution in [0.25, 0.3) is 22.2 Å². The number of benzene rings is 1. The maximum atomic E-state index is 13.0. The van der Waals surface area contributed by atoms with E-state index in [9.17, 15) is 25.6 Å². The average molecular weight is 456 g/mol. The van der Waals surface area contributed by atoms with Crippen LogP contribution in [-0.4, -0.2) is 44.4 Å². The number of H-pyrrole nitrogens is 1. The molecule has 0 atom stereocenters. The summed E-state index contributed by atoms with van der Waals surface area (Å²) in [6.45, 7) is 0. The molecular formula is C19H19F2N3O4S2. The quantitative estimate of drug-likeness (QED) is 0.615. The Kier molecular flexibility index (Phi) is 5.37. The van der Waals surface area contributed by atoms with Gasteiger partial charge in [0, 0.05) is 17.6 Å². The molecule has 3 heterocycles. The number of hydrogen-bond acceptors (Lipinski definition) is 5. The third kappa shape index (κ3) is 4.23. The van der Waals surface area contributed by atoms with Crippen LogP contribution in [0.15, 0.2) is 47.5 Å². The van der Waals surface area contributed by atoms with E-state index in [4.69, 9.17) is 0 Å². The first-order chi connectivity index (χ1) is 14.1. The highest BCUT2D eigenvalue weighted by Gasteiger charge is 2.27. The zero-order valence-electron chi connectivity index (χ0n) is 15.7. The lowest BCUT2D eigenvalue weighted by Gasteiger charge is -2.22. The minimum Gasteiger partial charge on any atom is -0.338 e. The lowest BCUT2D eigenvalue weighted by molar-refractivity contribution is 0.147. The van der Waals surface area contributed by atoms with Crippen LogP contribution in [0.3, 0.4) is 0 Å². The van der Waals surface area contributed by atoms with Crippen LogP contribution in [0.2, 0.25) is 0 Å². The van der Waals surface area contributed by atoms with E-state index in [1.165, 1.54) is 24.4 Å². The molecule has 0 saturated carbocycles. The Morgan fingerprint density at radius 1 is 1.10 bits per heavy atom. The molecule has 4 rings (SSSR count). The van der Waals surface area contributed by atoms with Gasteiger partial charge in [0.25, 0.3) is 6.43 Å². The first-order valence-corrected chi connectivity index (χ1v) is 12.5. The minimum absolute atomic E-state index is 0.0333. The molecule has 7 nitrogen and oxygen atoms in total. The van der Waals surface area contributed by atoms with E-state index in [1.807, 2.05) is 0 Å². The lowest BCUT2D eigenvalue weighted by Crippen LogP contribution is -2.40. The highest BCUT2D eigenvalue weighted by atomic mass is 32.2. The fourth-order valence-electron chi connectivity index (χ4n) is 3.53. The molecule has 11 heteroatoms. The smallest absolute Gasteiger partial charge is 0.278 e. The fraction of sp³-hybridized carbons (Fsp3) is 0.316. The van der Waals surface area contributed by atoms with Crippen molar-refractivity contribution in [3.63, 3.8) is 0 Å². The van der Waals surface area contributed by atoms with Crippen molar-refractivity contribution in [1.82, 2.24) is 14.7 Å². The van der Waals surface area contributed by atoms with E-state index < -0.39 is 32.3 Å². The van der Waals surface area contributed by atoms with Gasteiger partial charge in [-0.15, -0.1) is 0 Å². The molecule has 2 N–H and O–H groups in total. The number of halogens is 2. The molecule has 0 unspecified atom stereocenters. The van der Waals surface area contributed by atoms with Crippen molar-refractivity contribution in [2.45, 2.75) is 30.2 Å². The Morgan fingerprint density at radius 3 is 2.40 bits per heavy atom. The van der Waals surface area contributed by atoms with Crippen LogP contribution in [0.1, 0.15) is 25.0 Å². The Bertz CT molecular complexity index is 1270. The van der Waals surface area contributed by atoms with Gasteiger partial charge in [-0.2, -0.15) is 0 Å². The van der Waals surface area contributed by atoms with Crippen molar-refractivity contribution >= 4 is 30.9 Å². The van der Waals surface area contributed by atoms with Gasteiger partial charge < -0.3 is 4.98 Å². The first kappa shape index (κ1) is 20.9. The molecule has 1 saturated heterocycles. The van der Waals surface area contributed by atoms with Gasteiger partial charge in [0.2, 0.25) is 10.0 Å². The molecule has 3 aromatic rings. The number of alkyl halides is 2. The fourth-order valence-corrected chi connectivity index (χ4v) is 6.32. The normalized spacial score (nSPS) is 17.6. The number of fused-ring (bicyclic) bond motifs is 1. The summed E-state index contributed by atoms with van der Waals surface area (Å²) >= 11 is 0. The molecule has 0 radical (unpaired) electrons. The van der Waals surface area contributed by atoms with E-state index >= 15 is 0 Å². The summed E-state index contributed by atoms with van der Waals surface area (Å²) in [5.41, 5.74) is 1.40. The number of sulfonamides is 1. The molecule has 1 aromatic carbocycles. The number of nitrogens with one attached hydrogen (secondary N) is 2. The highest BCUT2D eigenvalue weighted by Crippen LogP contribution is 2.31. The summed E-state index contributed by atoms with van der Waals surface area (Å²) in [4.78, 5) is 6.70. The molecule has 2 aromatic heterocycles. The second-order valence-electron chi connectivity index (χ2n) is 7.22. The lowest BCUT2D eigenvalue weighted by atomic mass is 10.0. The maximum Gasteiger partial charge on any atom is 0.278 e. The van der Waals surface area contributed by atoms with Crippen molar-refractivity contribution in [2.24, 2.45) is 0 Å². The van der Waals surface area contributed by atoms with Gasteiger partial charge in [0.1, 0.15) is 15.5 Å². The number of hydrogen-bond donors (Lipinski definition) is 2. The number of aromatic amines is 1. The van der Waals surface area contributed by atoms with Crippen LogP contribution in [-0.2, 0) is 19.9 Å². The molecule has 0 spiro atoms. The van der Waals surface area contributed by atoms with Gasteiger partial charge in [-0.3, -0.25) is 0 Å². The number of sulfone groups is 1. The molecular weight excluding hydrogens is 436 g/mol. The molecule has 30 heavy (non-hydrogen) atoms. The zero-order chi connectivity index (χ0) is 21.5. The average Bonchev–Trinajstić information content (AvgIpc) is 3.14.